The summed E-state index contributed by atoms with van der Waals surface area (Å²) in [4.78, 5) is 4.57. The first-order chi connectivity index (χ1) is 10.1. The molecule has 2 saturated carbocycles. The minimum Gasteiger partial charge on any atom is -0.385 e. The molecule has 3 N–H and O–H groups in total. The topological polar surface area (TPSA) is 67.8 Å². The standard InChI is InChI=1S/C16H25ClN2O2/c17-10-5-6-12-11(8-10)16(20,15(18)19-12)14-7-9-3-1-2-4-13(9)21-14/h9-14,20H,1-8H2,(H2,18,19). The van der Waals surface area contributed by atoms with E-state index in [1.165, 1.54) is 19.3 Å². The van der Waals surface area contributed by atoms with Gasteiger partial charge in [0.2, 0.25) is 0 Å². The summed E-state index contributed by atoms with van der Waals surface area (Å²) in [5, 5.41) is 11.5. The highest BCUT2D eigenvalue weighted by Crippen LogP contribution is 2.49. The van der Waals surface area contributed by atoms with Crippen molar-refractivity contribution >= 4 is 17.4 Å². The van der Waals surface area contributed by atoms with Crippen LogP contribution in [0.2, 0.25) is 0 Å². The molecule has 0 amide bonds. The van der Waals surface area contributed by atoms with Gasteiger partial charge in [0.1, 0.15) is 5.84 Å². The van der Waals surface area contributed by atoms with Crippen LogP contribution in [-0.2, 0) is 4.74 Å². The lowest BCUT2D eigenvalue weighted by Crippen LogP contribution is -2.57. The molecule has 0 aromatic carbocycles. The van der Waals surface area contributed by atoms with Crippen LogP contribution in [0, 0.1) is 11.8 Å². The Hall–Kier alpha value is -0.320. The first-order valence-corrected chi connectivity index (χ1v) is 8.88. The number of aliphatic imine (C=N–C) groups is 1. The third kappa shape index (κ3) is 2.13. The molecule has 4 aliphatic rings. The maximum atomic E-state index is 11.4. The number of rotatable bonds is 1. The van der Waals surface area contributed by atoms with Gasteiger partial charge in [0.15, 0.2) is 5.60 Å². The van der Waals surface area contributed by atoms with Gasteiger partial charge < -0.3 is 15.6 Å². The van der Waals surface area contributed by atoms with Gasteiger partial charge in [-0.05, 0) is 44.4 Å². The van der Waals surface area contributed by atoms with Gasteiger partial charge in [-0.15, -0.1) is 11.6 Å². The van der Waals surface area contributed by atoms with E-state index in [4.69, 9.17) is 22.1 Å². The van der Waals surface area contributed by atoms with Gasteiger partial charge >= 0.3 is 0 Å². The highest BCUT2D eigenvalue weighted by atomic mass is 35.5. The highest BCUT2D eigenvalue weighted by Gasteiger charge is 2.59. The van der Waals surface area contributed by atoms with Gasteiger partial charge in [-0.25, -0.2) is 0 Å². The van der Waals surface area contributed by atoms with E-state index in [9.17, 15) is 5.11 Å². The summed E-state index contributed by atoms with van der Waals surface area (Å²) in [6, 6.07) is 0.135. The molecule has 0 radical (unpaired) electrons. The predicted molar refractivity (Wildman–Crippen MR) is 82.6 cm³/mol. The quantitative estimate of drug-likeness (QED) is 0.729. The van der Waals surface area contributed by atoms with E-state index in [0.29, 0.717) is 17.9 Å². The molecule has 7 atom stereocenters. The van der Waals surface area contributed by atoms with Crippen LogP contribution in [0.5, 0.6) is 0 Å². The van der Waals surface area contributed by atoms with E-state index in [1.807, 2.05) is 0 Å². The van der Waals surface area contributed by atoms with Crippen molar-refractivity contribution in [2.24, 2.45) is 22.6 Å². The molecule has 4 nitrogen and oxygen atoms in total. The summed E-state index contributed by atoms with van der Waals surface area (Å²) in [6.45, 7) is 0. The normalized spacial score (nSPS) is 53.1. The Morgan fingerprint density at radius 1 is 1.19 bits per heavy atom. The van der Waals surface area contributed by atoms with Crippen molar-refractivity contribution in [2.45, 2.75) is 80.6 Å². The third-order valence-electron chi connectivity index (χ3n) is 6.22. The van der Waals surface area contributed by atoms with Crippen molar-refractivity contribution < 1.29 is 9.84 Å². The third-order valence-corrected chi connectivity index (χ3v) is 6.61. The lowest BCUT2D eigenvalue weighted by molar-refractivity contribution is -0.0998. The largest absolute Gasteiger partial charge is 0.385 e. The predicted octanol–water partition coefficient (Wildman–Crippen LogP) is 2.21. The van der Waals surface area contributed by atoms with Crippen LogP contribution in [0.25, 0.3) is 0 Å². The number of fused-ring (bicyclic) bond motifs is 2. The Bertz CT molecular complexity index is 444. The van der Waals surface area contributed by atoms with Crippen molar-refractivity contribution in [1.82, 2.24) is 0 Å². The second kappa shape index (κ2) is 5.10. The highest BCUT2D eigenvalue weighted by molar-refractivity contribution is 6.20. The average Bonchev–Trinajstić information content (AvgIpc) is 3.01. The smallest absolute Gasteiger partial charge is 0.152 e. The maximum absolute atomic E-state index is 11.4. The molecule has 4 rings (SSSR count). The van der Waals surface area contributed by atoms with Crippen LogP contribution >= 0.6 is 11.6 Å². The SMILES string of the molecule is NC1=NC2CCC(Cl)CC2C1(O)C1CC2CCCCC2O1. The van der Waals surface area contributed by atoms with Crippen molar-refractivity contribution in [2.75, 3.05) is 0 Å². The minimum absolute atomic E-state index is 0.0407. The van der Waals surface area contributed by atoms with Crippen LogP contribution in [0.1, 0.15) is 51.4 Å². The zero-order chi connectivity index (χ0) is 14.6. The zero-order valence-corrected chi connectivity index (χ0v) is 13.1. The number of hydrogen-bond acceptors (Lipinski definition) is 4. The van der Waals surface area contributed by atoms with E-state index in [-0.39, 0.29) is 23.4 Å². The number of alkyl halides is 1. The van der Waals surface area contributed by atoms with Crippen molar-refractivity contribution in [1.29, 1.82) is 0 Å². The Balaban J connectivity index is 1.59. The summed E-state index contributed by atoms with van der Waals surface area (Å²) >= 11 is 6.34. The first-order valence-electron chi connectivity index (χ1n) is 8.44. The fraction of sp³-hybridized carbons (Fsp3) is 0.938. The lowest BCUT2D eigenvalue weighted by Gasteiger charge is -2.40. The molecule has 2 aliphatic carbocycles. The molecule has 2 aliphatic heterocycles. The Morgan fingerprint density at radius 2 is 2.00 bits per heavy atom. The summed E-state index contributed by atoms with van der Waals surface area (Å²) in [5.74, 6) is 1.03. The molecule has 1 saturated heterocycles. The number of amidine groups is 1. The molecule has 7 unspecified atom stereocenters. The molecule has 5 heteroatoms. The number of hydrogen-bond donors (Lipinski definition) is 2. The number of halogens is 1. The van der Waals surface area contributed by atoms with E-state index >= 15 is 0 Å². The molecule has 0 aromatic heterocycles. The van der Waals surface area contributed by atoms with E-state index in [0.717, 1.165) is 32.1 Å². The fourth-order valence-corrected chi connectivity index (χ4v) is 5.37. The Morgan fingerprint density at radius 3 is 2.81 bits per heavy atom. The molecule has 2 heterocycles. The molecule has 0 spiro atoms. The minimum atomic E-state index is -1.09. The van der Waals surface area contributed by atoms with Crippen LogP contribution < -0.4 is 5.73 Å². The molecular weight excluding hydrogens is 288 g/mol. The molecule has 0 aromatic rings. The number of nitrogens with two attached hydrogens (primary N) is 1. The Labute approximate surface area is 131 Å². The van der Waals surface area contributed by atoms with E-state index in [2.05, 4.69) is 4.99 Å². The first kappa shape index (κ1) is 14.3. The van der Waals surface area contributed by atoms with Crippen LogP contribution in [0.4, 0.5) is 0 Å². The van der Waals surface area contributed by atoms with Crippen molar-refractivity contribution in [3.63, 3.8) is 0 Å². The summed E-state index contributed by atoms with van der Waals surface area (Å²) in [5.41, 5.74) is 5.08. The number of aliphatic hydroxyl groups is 1. The van der Waals surface area contributed by atoms with Gasteiger partial charge in [0.25, 0.3) is 0 Å². The second-order valence-electron chi connectivity index (χ2n) is 7.37. The van der Waals surface area contributed by atoms with Gasteiger partial charge in [-0.3, -0.25) is 4.99 Å². The molecule has 118 valence electrons. The Kier molecular flexibility index (Phi) is 3.47. The monoisotopic (exact) mass is 312 g/mol. The zero-order valence-electron chi connectivity index (χ0n) is 12.4. The average molecular weight is 313 g/mol. The van der Waals surface area contributed by atoms with Crippen LogP contribution in [-0.4, -0.2) is 40.2 Å². The summed E-state index contributed by atoms with van der Waals surface area (Å²) in [7, 11) is 0. The summed E-state index contributed by atoms with van der Waals surface area (Å²) in [6.07, 6.45) is 8.62. The van der Waals surface area contributed by atoms with Gasteiger partial charge in [-0.2, -0.15) is 0 Å². The fourth-order valence-electron chi connectivity index (χ4n) is 5.05. The number of ether oxygens (including phenoxy) is 1. The van der Waals surface area contributed by atoms with Crippen LogP contribution in [0.15, 0.2) is 4.99 Å². The van der Waals surface area contributed by atoms with Gasteiger partial charge in [-0.1, -0.05) is 12.8 Å². The van der Waals surface area contributed by atoms with Crippen molar-refractivity contribution in [3.05, 3.63) is 0 Å². The molecule has 3 fully saturated rings. The molecular formula is C16H25ClN2O2. The van der Waals surface area contributed by atoms with Crippen LogP contribution in [0.3, 0.4) is 0 Å². The lowest BCUT2D eigenvalue weighted by atomic mass is 9.71. The summed E-state index contributed by atoms with van der Waals surface area (Å²) < 4.78 is 6.25. The maximum Gasteiger partial charge on any atom is 0.152 e. The van der Waals surface area contributed by atoms with E-state index < -0.39 is 5.60 Å². The van der Waals surface area contributed by atoms with Gasteiger partial charge in [0.05, 0.1) is 18.2 Å². The van der Waals surface area contributed by atoms with Gasteiger partial charge in [0, 0.05) is 11.3 Å². The molecule has 21 heavy (non-hydrogen) atoms. The number of nitrogens with zero attached hydrogens (tertiary/aromatic N) is 1. The van der Waals surface area contributed by atoms with Crippen molar-refractivity contribution in [3.8, 4) is 0 Å². The molecule has 0 bridgehead atoms. The second-order valence-corrected chi connectivity index (χ2v) is 7.98. The van der Waals surface area contributed by atoms with E-state index in [1.54, 1.807) is 0 Å².